The Bertz CT molecular complexity index is 336. The molecular weight excluding hydrogens is 276 g/mol. The van der Waals surface area contributed by atoms with Crippen LogP contribution >= 0.6 is 15.9 Å². The van der Waals surface area contributed by atoms with Gasteiger partial charge in [-0.1, -0.05) is 29.8 Å². The summed E-state index contributed by atoms with van der Waals surface area (Å²) < 4.78 is 0. The van der Waals surface area contributed by atoms with E-state index in [0.717, 1.165) is 12.3 Å². The highest BCUT2D eigenvalue weighted by Crippen LogP contribution is 2.73. The molecule has 1 N–H and O–H groups in total. The highest BCUT2D eigenvalue weighted by molar-refractivity contribution is 9.09. The van der Waals surface area contributed by atoms with Crippen molar-refractivity contribution in [3.05, 3.63) is 0 Å². The van der Waals surface area contributed by atoms with E-state index in [1.807, 2.05) is 0 Å². The monoisotopic (exact) mass is 300 g/mol. The van der Waals surface area contributed by atoms with E-state index in [1.54, 1.807) is 0 Å². The van der Waals surface area contributed by atoms with E-state index in [4.69, 9.17) is 0 Å². The van der Waals surface area contributed by atoms with Crippen LogP contribution in [0.25, 0.3) is 0 Å². The Hall–Kier alpha value is 0.440. The fourth-order valence-corrected chi connectivity index (χ4v) is 5.30. The van der Waals surface area contributed by atoms with Gasteiger partial charge < -0.3 is 5.11 Å². The largest absolute Gasteiger partial charge is 0.390 e. The summed E-state index contributed by atoms with van der Waals surface area (Å²) in [5.74, 6) is 1.48. The first-order valence-electron chi connectivity index (χ1n) is 7.14. The molecule has 3 fully saturated rings. The van der Waals surface area contributed by atoms with Crippen LogP contribution in [0.3, 0.4) is 0 Å². The molecule has 3 aliphatic carbocycles. The first kappa shape index (κ1) is 12.5. The zero-order chi connectivity index (χ0) is 12.5. The van der Waals surface area contributed by atoms with Crippen LogP contribution in [0.15, 0.2) is 0 Å². The molecule has 3 aliphatic rings. The Morgan fingerprint density at radius 1 is 1.06 bits per heavy atom. The van der Waals surface area contributed by atoms with Crippen LogP contribution in [0.1, 0.15) is 59.3 Å². The molecule has 0 bridgehead atoms. The summed E-state index contributed by atoms with van der Waals surface area (Å²) in [7, 11) is 0. The molecule has 2 heteroatoms. The minimum Gasteiger partial charge on any atom is -0.390 e. The Morgan fingerprint density at radius 3 is 2.24 bits per heavy atom. The van der Waals surface area contributed by atoms with Crippen LogP contribution in [-0.2, 0) is 0 Å². The highest BCUT2D eigenvalue weighted by Gasteiger charge is 2.69. The van der Waals surface area contributed by atoms with E-state index in [-0.39, 0.29) is 5.60 Å². The number of fused-ring (bicyclic) bond motifs is 1. The number of rotatable bonds is 1. The number of hydrogen-bond donors (Lipinski definition) is 1. The summed E-state index contributed by atoms with van der Waals surface area (Å²) in [4.78, 5) is 0.682. The number of halogens is 1. The first-order chi connectivity index (χ1) is 7.78. The van der Waals surface area contributed by atoms with Gasteiger partial charge >= 0.3 is 0 Å². The maximum atomic E-state index is 10.4. The molecule has 0 aromatic heterocycles. The second-order valence-electron chi connectivity index (χ2n) is 7.78. The molecule has 0 aromatic rings. The lowest BCUT2D eigenvalue weighted by molar-refractivity contribution is 0.0400. The summed E-state index contributed by atoms with van der Waals surface area (Å²) in [5.41, 5.74) is 0.614. The van der Waals surface area contributed by atoms with E-state index < -0.39 is 0 Å². The predicted molar refractivity (Wildman–Crippen MR) is 74.2 cm³/mol. The second-order valence-corrected chi connectivity index (χ2v) is 8.89. The number of aliphatic hydroxyl groups is 1. The van der Waals surface area contributed by atoms with Crippen molar-refractivity contribution in [1.29, 1.82) is 0 Å². The van der Waals surface area contributed by atoms with E-state index in [1.165, 1.54) is 32.1 Å². The van der Waals surface area contributed by atoms with E-state index >= 15 is 0 Å². The van der Waals surface area contributed by atoms with Crippen LogP contribution in [0, 0.1) is 22.7 Å². The van der Waals surface area contributed by atoms with Gasteiger partial charge in [0.05, 0.1) is 5.60 Å². The lowest BCUT2D eigenvalue weighted by Gasteiger charge is -2.42. The second kappa shape index (κ2) is 3.50. The molecule has 0 aliphatic heterocycles. The molecule has 5 atom stereocenters. The maximum absolute atomic E-state index is 10.4. The molecule has 3 saturated carbocycles. The van der Waals surface area contributed by atoms with Gasteiger partial charge in [-0.3, -0.25) is 0 Å². The zero-order valence-corrected chi connectivity index (χ0v) is 12.9. The summed E-state index contributed by atoms with van der Waals surface area (Å²) in [6.07, 6.45) is 7.63. The summed E-state index contributed by atoms with van der Waals surface area (Å²) in [6.45, 7) is 6.87. The first-order valence-corrected chi connectivity index (χ1v) is 8.06. The van der Waals surface area contributed by atoms with Gasteiger partial charge in [-0.25, -0.2) is 0 Å². The lowest BCUT2D eigenvalue weighted by atomic mass is 9.66. The molecule has 98 valence electrons. The standard InChI is InChI=1S/C15H25BrO/c1-13(2)8-10(4-5-12(13)16)15-7-6-14(3,17)11(15)9-15/h10-12,17H,4-9H2,1-3H3. The SMILES string of the molecule is CC1(C)CC(C23CCC(C)(O)C2C3)CCC1Br. The Morgan fingerprint density at radius 2 is 1.76 bits per heavy atom. The molecule has 5 unspecified atom stereocenters. The van der Waals surface area contributed by atoms with Gasteiger partial charge in [-0.05, 0) is 68.1 Å². The molecule has 0 saturated heterocycles. The quantitative estimate of drug-likeness (QED) is 0.722. The van der Waals surface area contributed by atoms with Crippen LogP contribution in [-0.4, -0.2) is 15.5 Å². The molecular formula is C15H25BrO. The van der Waals surface area contributed by atoms with Crippen LogP contribution < -0.4 is 0 Å². The fraction of sp³-hybridized carbons (Fsp3) is 1.00. The Balaban J connectivity index is 1.76. The Labute approximate surface area is 113 Å². The zero-order valence-electron chi connectivity index (χ0n) is 11.3. The van der Waals surface area contributed by atoms with Gasteiger partial charge in [0.2, 0.25) is 0 Å². The minimum absolute atomic E-state index is 0.352. The molecule has 0 aromatic carbocycles. The van der Waals surface area contributed by atoms with Gasteiger partial charge in [0.1, 0.15) is 0 Å². The van der Waals surface area contributed by atoms with E-state index in [9.17, 15) is 5.11 Å². The summed E-state index contributed by atoms with van der Waals surface area (Å²) in [6, 6.07) is 0. The molecule has 0 radical (unpaired) electrons. The Kier molecular flexibility index (Phi) is 2.57. The molecule has 0 spiro atoms. The van der Waals surface area contributed by atoms with Crippen LogP contribution in [0.5, 0.6) is 0 Å². The van der Waals surface area contributed by atoms with Crippen molar-refractivity contribution in [2.75, 3.05) is 0 Å². The average Bonchev–Trinajstić information content (AvgIpc) is 2.91. The third-order valence-corrected chi connectivity index (χ3v) is 7.86. The fourth-order valence-electron chi connectivity index (χ4n) is 4.85. The molecule has 3 rings (SSSR count). The molecule has 0 heterocycles. The topological polar surface area (TPSA) is 20.2 Å². The van der Waals surface area contributed by atoms with Crippen LogP contribution in [0.4, 0.5) is 0 Å². The predicted octanol–water partition coefficient (Wildman–Crippen LogP) is 4.13. The van der Waals surface area contributed by atoms with Crippen molar-refractivity contribution >= 4 is 15.9 Å². The van der Waals surface area contributed by atoms with Gasteiger partial charge in [0.15, 0.2) is 0 Å². The number of hydrogen-bond acceptors (Lipinski definition) is 1. The van der Waals surface area contributed by atoms with Crippen molar-refractivity contribution in [1.82, 2.24) is 0 Å². The van der Waals surface area contributed by atoms with Gasteiger partial charge in [0, 0.05) is 4.83 Å². The maximum Gasteiger partial charge on any atom is 0.0653 e. The lowest BCUT2D eigenvalue weighted by Crippen LogP contribution is -2.36. The third-order valence-electron chi connectivity index (χ3n) is 6.17. The smallest absolute Gasteiger partial charge is 0.0653 e. The molecule has 0 amide bonds. The van der Waals surface area contributed by atoms with Crippen molar-refractivity contribution in [3.63, 3.8) is 0 Å². The van der Waals surface area contributed by atoms with Crippen LogP contribution in [0.2, 0.25) is 0 Å². The average molecular weight is 301 g/mol. The van der Waals surface area contributed by atoms with Crippen molar-refractivity contribution in [2.45, 2.75) is 69.7 Å². The number of alkyl halides is 1. The van der Waals surface area contributed by atoms with E-state index in [0.29, 0.717) is 21.6 Å². The summed E-state index contributed by atoms with van der Waals surface area (Å²) in [5, 5.41) is 10.4. The van der Waals surface area contributed by atoms with Crippen molar-refractivity contribution < 1.29 is 5.11 Å². The van der Waals surface area contributed by atoms with Gasteiger partial charge in [-0.15, -0.1) is 0 Å². The summed E-state index contributed by atoms with van der Waals surface area (Å²) >= 11 is 3.85. The molecule has 1 nitrogen and oxygen atoms in total. The molecule has 17 heavy (non-hydrogen) atoms. The van der Waals surface area contributed by atoms with Gasteiger partial charge in [0.25, 0.3) is 0 Å². The van der Waals surface area contributed by atoms with E-state index in [2.05, 4.69) is 36.7 Å². The normalized spacial score (nSPS) is 56.6. The third kappa shape index (κ3) is 1.74. The highest BCUT2D eigenvalue weighted by atomic mass is 79.9. The van der Waals surface area contributed by atoms with Crippen molar-refractivity contribution in [2.24, 2.45) is 22.7 Å². The van der Waals surface area contributed by atoms with Gasteiger partial charge in [-0.2, -0.15) is 0 Å². The van der Waals surface area contributed by atoms with Crippen molar-refractivity contribution in [3.8, 4) is 0 Å². The minimum atomic E-state index is -0.352.